The van der Waals surface area contributed by atoms with Gasteiger partial charge in [0.1, 0.15) is 5.82 Å². The zero-order valence-corrected chi connectivity index (χ0v) is 16.5. The minimum atomic E-state index is -0.820. The Balaban J connectivity index is 1.34. The molecule has 1 saturated heterocycles. The molecule has 29 heavy (non-hydrogen) atoms. The van der Waals surface area contributed by atoms with E-state index in [1.165, 1.54) is 12.1 Å². The van der Waals surface area contributed by atoms with Crippen LogP contribution in [0.3, 0.4) is 0 Å². The molecule has 8 nitrogen and oxygen atoms in total. The van der Waals surface area contributed by atoms with Gasteiger partial charge in [-0.05, 0) is 50.3 Å². The molecule has 1 aromatic heterocycles. The molecule has 10 heteroatoms. The molecule has 3 N–H and O–H groups in total. The van der Waals surface area contributed by atoms with E-state index in [-0.39, 0.29) is 22.3 Å². The SMILES string of the molecule is O=C(Nc1ccc(Cl)c(F)c1)C(=O)NC1CCN(Cc2c[nH]nn2)C2(CCC2)C1. The Bertz CT molecular complexity index is 902. The summed E-state index contributed by atoms with van der Waals surface area (Å²) in [5.74, 6) is -2.19. The van der Waals surface area contributed by atoms with E-state index >= 15 is 0 Å². The highest BCUT2D eigenvalue weighted by Gasteiger charge is 2.47. The van der Waals surface area contributed by atoms with Crippen LogP contribution in [0.4, 0.5) is 10.1 Å². The Morgan fingerprint density at radius 2 is 2.17 bits per heavy atom. The van der Waals surface area contributed by atoms with E-state index in [9.17, 15) is 14.0 Å². The standard InChI is InChI=1S/C19H22ClFN6O2/c20-15-3-2-12(8-16(15)21)23-17(28)18(29)24-13-4-7-27(11-14-10-22-26-25-14)19(9-13)5-1-6-19/h2-3,8,10,13H,1,4-7,9,11H2,(H,23,28)(H,24,29)(H,22,25,26). The van der Waals surface area contributed by atoms with E-state index in [1.807, 2.05) is 0 Å². The number of nitrogens with one attached hydrogen (secondary N) is 3. The molecule has 2 heterocycles. The molecule has 2 fully saturated rings. The fraction of sp³-hybridized carbons (Fsp3) is 0.474. The lowest BCUT2D eigenvalue weighted by molar-refractivity contribution is -0.137. The Morgan fingerprint density at radius 3 is 2.83 bits per heavy atom. The molecule has 1 aliphatic carbocycles. The number of nitrogens with zero attached hydrogens (tertiary/aromatic N) is 3. The van der Waals surface area contributed by atoms with Crippen LogP contribution in [0.15, 0.2) is 24.4 Å². The van der Waals surface area contributed by atoms with Gasteiger partial charge in [-0.25, -0.2) is 4.39 Å². The first-order chi connectivity index (χ1) is 13.9. The van der Waals surface area contributed by atoms with Crippen LogP contribution >= 0.6 is 11.6 Å². The van der Waals surface area contributed by atoms with Crippen molar-refractivity contribution < 1.29 is 14.0 Å². The van der Waals surface area contributed by atoms with Gasteiger partial charge in [-0.1, -0.05) is 16.8 Å². The van der Waals surface area contributed by atoms with Crippen molar-refractivity contribution >= 4 is 29.1 Å². The smallest absolute Gasteiger partial charge is 0.313 e. The number of aromatic nitrogens is 3. The van der Waals surface area contributed by atoms with Gasteiger partial charge in [-0.2, -0.15) is 0 Å². The van der Waals surface area contributed by atoms with Crippen molar-refractivity contribution in [2.24, 2.45) is 0 Å². The maximum absolute atomic E-state index is 13.5. The number of benzene rings is 1. The summed E-state index contributed by atoms with van der Waals surface area (Å²) in [7, 11) is 0. The van der Waals surface area contributed by atoms with Crippen LogP contribution in [0, 0.1) is 5.82 Å². The number of aromatic amines is 1. The summed E-state index contributed by atoms with van der Waals surface area (Å²) in [4.78, 5) is 26.9. The first kappa shape index (κ1) is 19.8. The summed E-state index contributed by atoms with van der Waals surface area (Å²) in [6.45, 7) is 1.53. The van der Waals surface area contributed by atoms with Crippen LogP contribution in [0.2, 0.25) is 5.02 Å². The number of hydrogen-bond acceptors (Lipinski definition) is 5. The second kappa shape index (κ2) is 8.08. The van der Waals surface area contributed by atoms with Gasteiger partial charge >= 0.3 is 11.8 Å². The van der Waals surface area contributed by atoms with Gasteiger partial charge in [-0.3, -0.25) is 19.6 Å². The first-order valence-electron chi connectivity index (χ1n) is 9.62. The molecular formula is C19H22ClFN6O2. The van der Waals surface area contributed by atoms with Crippen LogP contribution in [-0.4, -0.2) is 50.3 Å². The molecule has 0 bridgehead atoms. The van der Waals surface area contributed by atoms with Gasteiger partial charge in [0.15, 0.2) is 0 Å². The number of amides is 2. The van der Waals surface area contributed by atoms with Crippen molar-refractivity contribution in [2.75, 3.05) is 11.9 Å². The van der Waals surface area contributed by atoms with E-state index in [0.29, 0.717) is 0 Å². The summed E-state index contributed by atoms with van der Waals surface area (Å²) >= 11 is 5.63. The summed E-state index contributed by atoms with van der Waals surface area (Å²) in [5, 5.41) is 15.8. The third-order valence-corrected chi connectivity index (χ3v) is 6.17. The minimum absolute atomic E-state index is 0.0327. The number of piperidine rings is 1. The summed E-state index contributed by atoms with van der Waals surface area (Å²) in [6.07, 6.45) is 6.61. The van der Waals surface area contributed by atoms with E-state index in [1.54, 1.807) is 6.20 Å². The number of carbonyl (C=O) groups excluding carboxylic acids is 2. The molecule has 2 aliphatic rings. The van der Waals surface area contributed by atoms with Gasteiger partial charge < -0.3 is 10.6 Å². The number of carbonyl (C=O) groups is 2. The van der Waals surface area contributed by atoms with Gasteiger partial charge in [0.25, 0.3) is 0 Å². The number of rotatable bonds is 4. The largest absolute Gasteiger partial charge is 0.345 e. The van der Waals surface area contributed by atoms with Crippen LogP contribution in [0.25, 0.3) is 0 Å². The Hall–Kier alpha value is -2.52. The highest BCUT2D eigenvalue weighted by molar-refractivity contribution is 6.39. The van der Waals surface area contributed by atoms with E-state index < -0.39 is 17.6 Å². The number of H-pyrrole nitrogens is 1. The normalized spacial score (nSPS) is 20.8. The molecule has 2 aromatic rings. The molecule has 154 valence electrons. The van der Waals surface area contributed by atoms with Crippen molar-refractivity contribution in [3.63, 3.8) is 0 Å². The fourth-order valence-corrected chi connectivity index (χ4v) is 4.34. The maximum Gasteiger partial charge on any atom is 0.313 e. The van der Waals surface area contributed by atoms with Gasteiger partial charge in [0, 0.05) is 36.6 Å². The molecule has 1 unspecified atom stereocenters. The van der Waals surface area contributed by atoms with Crippen molar-refractivity contribution in [1.29, 1.82) is 0 Å². The van der Waals surface area contributed by atoms with E-state index in [4.69, 9.17) is 11.6 Å². The fourth-order valence-electron chi connectivity index (χ4n) is 4.22. The molecule has 2 amide bonds. The average molecular weight is 421 g/mol. The highest BCUT2D eigenvalue weighted by Crippen LogP contribution is 2.44. The third kappa shape index (κ3) is 4.25. The Labute approximate surface area is 172 Å². The number of hydrogen-bond donors (Lipinski definition) is 3. The molecular weight excluding hydrogens is 399 g/mol. The lowest BCUT2D eigenvalue weighted by Crippen LogP contribution is -2.61. The molecule has 1 spiro atoms. The van der Waals surface area contributed by atoms with Crippen molar-refractivity contribution in [3.8, 4) is 0 Å². The second-order valence-corrected chi connectivity index (χ2v) is 8.12. The molecule has 1 aromatic carbocycles. The van der Waals surface area contributed by atoms with Crippen LogP contribution < -0.4 is 10.6 Å². The van der Waals surface area contributed by atoms with Crippen molar-refractivity contribution in [2.45, 2.75) is 50.2 Å². The molecule has 4 rings (SSSR count). The average Bonchev–Trinajstić information content (AvgIpc) is 3.17. The lowest BCUT2D eigenvalue weighted by atomic mass is 9.68. The first-order valence-corrected chi connectivity index (χ1v) is 10.0. The zero-order chi connectivity index (χ0) is 20.4. The predicted octanol–water partition coefficient (Wildman–Crippen LogP) is 2.24. The minimum Gasteiger partial charge on any atom is -0.345 e. The topological polar surface area (TPSA) is 103 Å². The Morgan fingerprint density at radius 1 is 1.34 bits per heavy atom. The van der Waals surface area contributed by atoms with Crippen LogP contribution in [0.5, 0.6) is 0 Å². The highest BCUT2D eigenvalue weighted by atomic mass is 35.5. The Kier molecular flexibility index (Phi) is 5.51. The summed E-state index contributed by atoms with van der Waals surface area (Å²) in [5.41, 5.74) is 1.11. The summed E-state index contributed by atoms with van der Waals surface area (Å²) in [6, 6.07) is 3.78. The number of halogens is 2. The van der Waals surface area contributed by atoms with Crippen LogP contribution in [0.1, 0.15) is 37.8 Å². The van der Waals surface area contributed by atoms with Gasteiger partial charge in [0.05, 0.1) is 10.7 Å². The quantitative estimate of drug-likeness (QED) is 0.658. The monoisotopic (exact) mass is 420 g/mol. The van der Waals surface area contributed by atoms with E-state index in [0.717, 1.165) is 57.0 Å². The molecule has 1 atom stereocenters. The van der Waals surface area contributed by atoms with E-state index in [2.05, 4.69) is 30.9 Å². The second-order valence-electron chi connectivity index (χ2n) is 7.71. The number of likely N-dealkylation sites (tertiary alicyclic amines) is 1. The van der Waals surface area contributed by atoms with Gasteiger partial charge in [0.2, 0.25) is 0 Å². The summed E-state index contributed by atoms with van der Waals surface area (Å²) < 4.78 is 13.5. The maximum atomic E-state index is 13.5. The van der Waals surface area contributed by atoms with Gasteiger partial charge in [-0.15, -0.1) is 5.10 Å². The zero-order valence-electron chi connectivity index (χ0n) is 15.8. The van der Waals surface area contributed by atoms with Crippen LogP contribution in [-0.2, 0) is 16.1 Å². The molecule has 1 saturated carbocycles. The predicted molar refractivity (Wildman–Crippen MR) is 105 cm³/mol. The molecule has 0 radical (unpaired) electrons. The van der Waals surface area contributed by atoms with Crippen molar-refractivity contribution in [3.05, 3.63) is 40.9 Å². The van der Waals surface area contributed by atoms with Crippen molar-refractivity contribution in [1.82, 2.24) is 25.6 Å². The number of anilines is 1. The molecule has 1 aliphatic heterocycles. The lowest BCUT2D eigenvalue weighted by Gasteiger charge is -2.55. The third-order valence-electron chi connectivity index (χ3n) is 5.87.